The summed E-state index contributed by atoms with van der Waals surface area (Å²) in [7, 11) is 1.85. The number of nitrogens with zero attached hydrogens (tertiary/aromatic N) is 4. The molecule has 4 heterocycles. The predicted molar refractivity (Wildman–Crippen MR) is 201 cm³/mol. The lowest BCUT2D eigenvalue weighted by Crippen LogP contribution is -2.55. The first-order chi connectivity index (χ1) is 24.1. The third-order valence-corrected chi connectivity index (χ3v) is 11.0. The smallest absolute Gasteiger partial charge is 0.290 e. The average Bonchev–Trinajstić information content (AvgIpc) is 3.60. The number of hydrogen-bond acceptors (Lipinski definition) is 10. The third-order valence-electron chi connectivity index (χ3n) is 11.0. The van der Waals surface area contributed by atoms with Gasteiger partial charge in [-0.15, -0.1) is 0 Å². The van der Waals surface area contributed by atoms with Crippen molar-refractivity contribution in [1.82, 2.24) is 25.7 Å². The normalized spacial score (nSPS) is 18.4. The number of unbranched alkanes of at least 4 members (excludes halogenated alkanes) is 1. The summed E-state index contributed by atoms with van der Waals surface area (Å²) in [5, 5.41) is 18.1. The van der Waals surface area contributed by atoms with Gasteiger partial charge < -0.3 is 34.6 Å². The van der Waals surface area contributed by atoms with Gasteiger partial charge in [0.2, 0.25) is 5.88 Å². The van der Waals surface area contributed by atoms with Crippen molar-refractivity contribution < 1.29 is 23.9 Å². The summed E-state index contributed by atoms with van der Waals surface area (Å²) >= 11 is 0. The van der Waals surface area contributed by atoms with Crippen LogP contribution in [-0.4, -0.2) is 97.3 Å². The molecule has 2 aromatic rings. The lowest BCUT2D eigenvalue weighted by molar-refractivity contribution is -0.122. The lowest BCUT2D eigenvalue weighted by atomic mass is 9.78. The molecule has 3 N–H and O–H groups in total. The predicted octanol–water partition coefficient (Wildman–Crippen LogP) is 6.73. The van der Waals surface area contributed by atoms with Crippen LogP contribution in [0.25, 0.3) is 0 Å². The van der Waals surface area contributed by atoms with Crippen molar-refractivity contribution >= 4 is 12.3 Å². The number of carbonyl (C=O) groups is 1. The number of rotatable bonds is 16. The van der Waals surface area contributed by atoms with Crippen molar-refractivity contribution in [3.63, 3.8) is 0 Å². The first kappa shape index (κ1) is 41.7. The first-order valence-electron chi connectivity index (χ1n) is 19.2. The fraction of sp³-hybridized carbons (Fsp3) is 0.769. The van der Waals surface area contributed by atoms with Crippen LogP contribution in [0.3, 0.4) is 0 Å². The van der Waals surface area contributed by atoms with E-state index >= 15 is 0 Å². The number of carboxylic acid groups (broad SMARTS) is 1. The molecule has 0 bridgehead atoms. The van der Waals surface area contributed by atoms with Crippen molar-refractivity contribution in [1.29, 1.82) is 0 Å². The van der Waals surface area contributed by atoms with Crippen molar-refractivity contribution in [2.75, 3.05) is 57.8 Å². The van der Waals surface area contributed by atoms with E-state index < -0.39 is 0 Å². The zero-order valence-corrected chi connectivity index (χ0v) is 32.2. The number of anilines is 1. The van der Waals surface area contributed by atoms with Gasteiger partial charge in [0, 0.05) is 82.7 Å². The largest absolute Gasteiger partial charge is 0.483 e. The SMILES string of the molecule is CCCCNCCNCc1ccnc(OC2CCC2)c1.COC1CCN(C(C)(C)C2CCN(c3cc(C(C)C(C)C)on3)CC2)CC1.O=CO. The Morgan fingerprint density at radius 3 is 2.28 bits per heavy atom. The molecule has 1 unspecified atom stereocenters. The van der Waals surface area contributed by atoms with E-state index in [1.807, 2.05) is 19.4 Å². The fourth-order valence-corrected chi connectivity index (χ4v) is 6.83. The van der Waals surface area contributed by atoms with E-state index in [4.69, 9.17) is 23.9 Å². The number of hydrogen-bond donors (Lipinski definition) is 3. The van der Waals surface area contributed by atoms with E-state index in [1.54, 1.807) is 0 Å². The summed E-state index contributed by atoms with van der Waals surface area (Å²) in [6.07, 6.45) is 13.6. The minimum Gasteiger partial charge on any atom is -0.483 e. The second kappa shape index (κ2) is 22.3. The van der Waals surface area contributed by atoms with Crippen LogP contribution in [-0.2, 0) is 16.1 Å². The maximum absolute atomic E-state index is 8.36. The van der Waals surface area contributed by atoms with Gasteiger partial charge in [0.1, 0.15) is 11.9 Å². The van der Waals surface area contributed by atoms with E-state index in [2.05, 4.69) is 84.2 Å². The second-order valence-corrected chi connectivity index (χ2v) is 15.0. The van der Waals surface area contributed by atoms with Crippen LogP contribution in [0.2, 0.25) is 0 Å². The number of likely N-dealkylation sites (tertiary alicyclic amines) is 1. The highest BCUT2D eigenvalue weighted by Gasteiger charge is 2.39. The van der Waals surface area contributed by atoms with E-state index in [0.29, 0.717) is 24.0 Å². The van der Waals surface area contributed by atoms with E-state index in [1.165, 1.54) is 50.5 Å². The Labute approximate surface area is 302 Å². The highest BCUT2D eigenvalue weighted by molar-refractivity contribution is 5.39. The zero-order valence-electron chi connectivity index (χ0n) is 32.2. The molecule has 0 spiro atoms. The van der Waals surface area contributed by atoms with Gasteiger partial charge in [-0.25, -0.2) is 4.98 Å². The Morgan fingerprint density at radius 2 is 1.68 bits per heavy atom. The van der Waals surface area contributed by atoms with Gasteiger partial charge in [0.25, 0.3) is 6.47 Å². The maximum Gasteiger partial charge on any atom is 0.290 e. The van der Waals surface area contributed by atoms with Gasteiger partial charge in [-0.1, -0.05) is 39.3 Å². The summed E-state index contributed by atoms with van der Waals surface area (Å²) in [6.45, 7) is 22.0. The van der Waals surface area contributed by atoms with E-state index in [0.717, 1.165) is 88.6 Å². The second-order valence-electron chi connectivity index (χ2n) is 15.0. The summed E-state index contributed by atoms with van der Waals surface area (Å²) in [5.74, 6) is 4.53. The standard InChI is InChI=1S/C22H39N3O2.C16H27N3O.CH2O2/c1-16(2)17(3)20-15-21(23-27-20)24-11-7-18(8-12-24)22(4,5)25-13-9-19(26-6)10-14-25;1-2-3-8-17-10-11-18-13-14-7-9-19-16(12-14)20-15-5-4-6-15;2-1-3/h15-19H,7-14H2,1-6H3;7,9,12,15,17-18H,2-6,8,10-11,13H2,1H3;1H,(H,2,3). The molecule has 284 valence electrons. The van der Waals surface area contributed by atoms with E-state index in [9.17, 15) is 0 Å². The molecule has 2 aromatic heterocycles. The quantitative estimate of drug-likeness (QED) is 0.128. The number of methoxy groups -OCH3 is 1. The molecule has 1 aliphatic carbocycles. The summed E-state index contributed by atoms with van der Waals surface area (Å²) in [4.78, 5) is 17.7. The third kappa shape index (κ3) is 13.4. The molecular formula is C39H68N6O5. The average molecular weight is 701 g/mol. The Balaban J connectivity index is 0.000000260. The number of ether oxygens (including phenoxy) is 2. The first-order valence-corrected chi connectivity index (χ1v) is 19.2. The molecular weight excluding hydrogens is 632 g/mol. The number of aromatic nitrogens is 2. The molecule has 1 saturated carbocycles. The van der Waals surface area contributed by atoms with Gasteiger partial charge in [-0.05, 0) is 95.2 Å². The molecule has 0 radical (unpaired) electrons. The van der Waals surface area contributed by atoms with Gasteiger partial charge in [-0.3, -0.25) is 9.69 Å². The molecule has 3 fully saturated rings. The van der Waals surface area contributed by atoms with Crippen LogP contribution < -0.4 is 20.3 Å². The van der Waals surface area contributed by atoms with E-state index in [-0.39, 0.29) is 12.0 Å². The highest BCUT2D eigenvalue weighted by atomic mass is 16.5. The molecule has 2 aliphatic heterocycles. The monoisotopic (exact) mass is 701 g/mol. The van der Waals surface area contributed by atoms with Crippen LogP contribution >= 0.6 is 0 Å². The van der Waals surface area contributed by atoms with Crippen molar-refractivity contribution in [2.24, 2.45) is 11.8 Å². The van der Waals surface area contributed by atoms with Crippen molar-refractivity contribution in [3.05, 3.63) is 35.7 Å². The zero-order chi connectivity index (χ0) is 36.4. The van der Waals surface area contributed by atoms with Crippen LogP contribution in [0.5, 0.6) is 5.88 Å². The van der Waals surface area contributed by atoms with Gasteiger partial charge in [0.15, 0.2) is 5.82 Å². The molecule has 0 amide bonds. The van der Waals surface area contributed by atoms with Gasteiger partial charge in [-0.2, -0.15) is 0 Å². The number of piperidine rings is 2. The Kier molecular flexibility index (Phi) is 18.6. The lowest BCUT2D eigenvalue weighted by Gasteiger charge is -2.49. The molecule has 3 aliphatic rings. The number of pyridine rings is 1. The Morgan fingerprint density at radius 1 is 1.00 bits per heavy atom. The van der Waals surface area contributed by atoms with Crippen LogP contribution in [0.1, 0.15) is 117 Å². The summed E-state index contributed by atoms with van der Waals surface area (Å²) < 4.78 is 17.0. The molecule has 11 heteroatoms. The van der Waals surface area contributed by atoms with Crippen molar-refractivity contribution in [3.8, 4) is 5.88 Å². The van der Waals surface area contributed by atoms with Crippen LogP contribution in [0.4, 0.5) is 5.82 Å². The molecule has 50 heavy (non-hydrogen) atoms. The van der Waals surface area contributed by atoms with Crippen molar-refractivity contribution in [2.45, 2.75) is 130 Å². The maximum atomic E-state index is 8.36. The molecule has 11 nitrogen and oxygen atoms in total. The summed E-state index contributed by atoms with van der Waals surface area (Å²) in [6, 6.07) is 6.26. The Bertz CT molecular complexity index is 1190. The molecule has 5 rings (SSSR count). The minimum atomic E-state index is -0.250. The van der Waals surface area contributed by atoms with Crippen LogP contribution in [0, 0.1) is 11.8 Å². The summed E-state index contributed by atoms with van der Waals surface area (Å²) in [5.41, 5.74) is 1.49. The van der Waals surface area contributed by atoms with Gasteiger partial charge in [0.05, 0.1) is 6.10 Å². The fourth-order valence-electron chi connectivity index (χ4n) is 6.83. The molecule has 0 aromatic carbocycles. The molecule has 1 atom stereocenters. The Hall–Kier alpha value is -2.73. The van der Waals surface area contributed by atoms with Gasteiger partial charge >= 0.3 is 0 Å². The van der Waals surface area contributed by atoms with Crippen LogP contribution in [0.15, 0.2) is 28.9 Å². The number of nitrogens with one attached hydrogen (secondary N) is 2. The highest BCUT2D eigenvalue weighted by Crippen LogP contribution is 2.36. The molecule has 2 saturated heterocycles. The topological polar surface area (TPSA) is 125 Å². The minimum absolute atomic E-state index is 0.250.